The molecular weight excluding hydrogens is 437 g/mol. The van der Waals surface area contributed by atoms with Crippen molar-refractivity contribution in [3.63, 3.8) is 0 Å². The summed E-state index contributed by atoms with van der Waals surface area (Å²) in [5.74, 6) is 0. The minimum atomic E-state index is 0. The van der Waals surface area contributed by atoms with Crippen LogP contribution >= 0.6 is 0 Å². The number of rotatable bonds is 0. The average Bonchev–Trinajstić information content (AvgIpc) is 0. The molecule has 18 heteroatoms. The van der Waals surface area contributed by atoms with Gasteiger partial charge in [0.15, 0.2) is 0 Å². The van der Waals surface area contributed by atoms with E-state index in [9.17, 15) is 0 Å². The third kappa shape index (κ3) is 1270. The molecule has 29 N–H and O–H groups in total. The van der Waals surface area contributed by atoms with E-state index >= 15 is 0 Å². The van der Waals surface area contributed by atoms with E-state index in [2.05, 4.69) is 0 Å². The molecule has 0 saturated carbocycles. The van der Waals surface area contributed by atoms with Gasteiger partial charge in [-0.2, -0.15) is 0 Å². The molecule has 128 valence electrons. The summed E-state index contributed by atoms with van der Waals surface area (Å²) in [4.78, 5) is 0. The van der Waals surface area contributed by atoms with Gasteiger partial charge < -0.3 is 94.5 Å². The maximum Gasteiger partial charge on any atom is 2.00 e. The first-order chi connectivity index (χ1) is 0. The van der Waals surface area contributed by atoms with Gasteiger partial charge >= 0.3 is 71.9 Å². The maximum atomic E-state index is 0. The molecule has 0 aromatic heterocycles. The SMILES string of the molecule is O.O.O.O.O.O.O.O.O.O.O.O.O.O.[Ba+2].[Cl-].[Mg+2].[OH-]. The van der Waals surface area contributed by atoms with Gasteiger partial charge in [-0.25, -0.2) is 0 Å². The first-order valence-corrected chi connectivity index (χ1v) is 0. The Morgan fingerprint density at radius 2 is 0.278 bits per heavy atom. The van der Waals surface area contributed by atoms with Crippen molar-refractivity contribution < 1.29 is 94.5 Å². The molecule has 0 rings (SSSR count). The molecule has 0 fully saturated rings. The quantitative estimate of drug-likeness (QED) is 0.308. The molecule has 15 nitrogen and oxygen atoms in total. The monoisotopic (exact) mass is 466 g/mol. The second kappa shape index (κ2) is 1500. The number of hydrogen-bond acceptors (Lipinski definition) is 1. The van der Waals surface area contributed by atoms with Gasteiger partial charge in [-0.15, -0.1) is 0 Å². The van der Waals surface area contributed by atoms with Gasteiger partial charge in [0.05, 0.1) is 0 Å². The summed E-state index contributed by atoms with van der Waals surface area (Å²) < 4.78 is 0. The molecule has 0 aromatic carbocycles. The van der Waals surface area contributed by atoms with Gasteiger partial charge in [0.25, 0.3) is 0 Å². The first-order valence-electron chi connectivity index (χ1n) is 0. The molecule has 0 aromatic rings. The smallest absolute Gasteiger partial charge is 1.00 e. The predicted molar refractivity (Wildman–Crippen MR) is 64.0 cm³/mol. The van der Waals surface area contributed by atoms with E-state index in [-0.39, 0.29) is 166 Å². The Kier molecular flexibility index (Phi) is 147000. The number of hydrogen-bond donors (Lipinski definition) is 0. The second-order valence-electron chi connectivity index (χ2n) is 0. The molecular formula is H29BaClMgO15+2. The topological polar surface area (TPSA) is 471 Å². The van der Waals surface area contributed by atoms with Crippen molar-refractivity contribution in [2.24, 2.45) is 0 Å². The van der Waals surface area contributed by atoms with E-state index in [1.54, 1.807) is 0 Å². The Hall–Kier alpha value is 2.03. The van der Waals surface area contributed by atoms with Gasteiger partial charge in [0.1, 0.15) is 0 Å². The van der Waals surface area contributed by atoms with Crippen LogP contribution in [0, 0.1) is 0 Å². The summed E-state index contributed by atoms with van der Waals surface area (Å²) in [6.45, 7) is 0. The van der Waals surface area contributed by atoms with Crippen LogP contribution in [0.5, 0.6) is 0 Å². The zero-order valence-electron chi connectivity index (χ0n) is 9.24. The van der Waals surface area contributed by atoms with Gasteiger partial charge in [0, 0.05) is 0 Å². The molecule has 0 spiro atoms. The van der Waals surface area contributed by atoms with Crippen molar-refractivity contribution in [3.05, 3.63) is 0 Å². The molecule has 0 aliphatic heterocycles. The number of halogens is 1. The molecule has 18 heavy (non-hydrogen) atoms. The minimum Gasteiger partial charge on any atom is -1.00 e. The van der Waals surface area contributed by atoms with E-state index < -0.39 is 0 Å². The van der Waals surface area contributed by atoms with Gasteiger partial charge in [0.2, 0.25) is 0 Å². The molecule has 0 aliphatic rings. The summed E-state index contributed by atoms with van der Waals surface area (Å²) in [5.41, 5.74) is 0. The van der Waals surface area contributed by atoms with Gasteiger partial charge in [-0.1, -0.05) is 0 Å². The van der Waals surface area contributed by atoms with Crippen molar-refractivity contribution >= 4 is 71.9 Å². The van der Waals surface area contributed by atoms with E-state index in [0.29, 0.717) is 0 Å². The molecule has 0 heterocycles. The Morgan fingerprint density at radius 1 is 0.278 bits per heavy atom. The summed E-state index contributed by atoms with van der Waals surface area (Å²) in [5, 5.41) is 0. The van der Waals surface area contributed by atoms with Gasteiger partial charge in [-0.3, -0.25) is 0 Å². The summed E-state index contributed by atoms with van der Waals surface area (Å²) in [6, 6.07) is 0. The fraction of sp³-hybridized carbons (Fsp3) is 0. The van der Waals surface area contributed by atoms with E-state index in [0.717, 1.165) is 0 Å². The Morgan fingerprint density at radius 3 is 0.278 bits per heavy atom. The fourth-order valence-electron chi connectivity index (χ4n) is 0. The van der Waals surface area contributed by atoms with Gasteiger partial charge in [-0.05, 0) is 0 Å². The fourth-order valence-corrected chi connectivity index (χ4v) is 0. The van der Waals surface area contributed by atoms with Crippen molar-refractivity contribution in [2.45, 2.75) is 0 Å². The van der Waals surface area contributed by atoms with Crippen LogP contribution in [0.1, 0.15) is 0 Å². The van der Waals surface area contributed by atoms with Crippen LogP contribution in [0.15, 0.2) is 0 Å². The van der Waals surface area contributed by atoms with Crippen LogP contribution in [-0.2, 0) is 0 Å². The predicted octanol–water partition coefficient (Wildman–Crippen LogP) is -15.5. The minimum absolute atomic E-state index is 0. The maximum absolute atomic E-state index is 0. The average molecular weight is 466 g/mol. The van der Waals surface area contributed by atoms with Crippen LogP contribution in [0.3, 0.4) is 0 Å². The summed E-state index contributed by atoms with van der Waals surface area (Å²) in [6.07, 6.45) is 0. The van der Waals surface area contributed by atoms with E-state index in [4.69, 9.17) is 0 Å². The first kappa shape index (κ1) is 1760. The zero-order chi connectivity index (χ0) is 0. The Balaban J connectivity index is 0. The Bertz CT molecular complexity index is 16.5. The third-order valence-electron chi connectivity index (χ3n) is 0. The van der Waals surface area contributed by atoms with Crippen LogP contribution in [-0.4, -0.2) is 154 Å². The molecule has 0 amide bonds. The Labute approximate surface area is 165 Å². The van der Waals surface area contributed by atoms with E-state index in [1.807, 2.05) is 0 Å². The van der Waals surface area contributed by atoms with Crippen LogP contribution < -0.4 is 12.4 Å². The summed E-state index contributed by atoms with van der Waals surface area (Å²) in [7, 11) is 0. The zero-order valence-corrected chi connectivity index (χ0v) is 15.9. The molecule has 0 radical (unpaired) electrons. The molecule has 0 unspecified atom stereocenters. The second-order valence-corrected chi connectivity index (χ2v) is 0. The molecule has 0 atom stereocenters. The van der Waals surface area contributed by atoms with Crippen LogP contribution in [0.4, 0.5) is 0 Å². The largest absolute Gasteiger partial charge is 2.00 e. The van der Waals surface area contributed by atoms with Crippen molar-refractivity contribution in [3.8, 4) is 0 Å². The van der Waals surface area contributed by atoms with Crippen LogP contribution in [0.2, 0.25) is 0 Å². The normalized spacial score (nSPS) is 0. The van der Waals surface area contributed by atoms with E-state index in [1.165, 1.54) is 0 Å². The standard InChI is InChI=1S/Ba.ClH.Mg.15H2O/h;1H;;15*1H2/q+2;;+2;;;;;;;;;;;;;;;/p-2. The molecule has 0 aliphatic carbocycles. The van der Waals surface area contributed by atoms with Crippen LogP contribution in [0.25, 0.3) is 0 Å². The van der Waals surface area contributed by atoms with Crippen molar-refractivity contribution in [1.82, 2.24) is 0 Å². The summed E-state index contributed by atoms with van der Waals surface area (Å²) >= 11 is 0. The third-order valence-corrected chi connectivity index (χ3v) is 0. The van der Waals surface area contributed by atoms with Crippen molar-refractivity contribution in [2.75, 3.05) is 0 Å². The molecule has 0 bridgehead atoms. The van der Waals surface area contributed by atoms with Crippen molar-refractivity contribution in [1.29, 1.82) is 0 Å². The molecule has 0 saturated heterocycles.